The van der Waals surface area contributed by atoms with Crippen molar-refractivity contribution in [3.63, 3.8) is 0 Å². The van der Waals surface area contributed by atoms with Gasteiger partial charge in [0.05, 0.1) is 12.2 Å². The zero-order valence-electron chi connectivity index (χ0n) is 19.9. The summed E-state index contributed by atoms with van der Waals surface area (Å²) in [5, 5.41) is 10.7. The summed E-state index contributed by atoms with van der Waals surface area (Å²) in [5.41, 5.74) is 2.37. The van der Waals surface area contributed by atoms with Crippen LogP contribution in [0.15, 0.2) is 48.8 Å². The second-order valence-corrected chi connectivity index (χ2v) is 10.5. The summed E-state index contributed by atoms with van der Waals surface area (Å²) in [6, 6.07) is 10.3. The van der Waals surface area contributed by atoms with Crippen LogP contribution in [0.3, 0.4) is 0 Å². The van der Waals surface area contributed by atoms with Gasteiger partial charge in [-0.15, -0.1) is 11.3 Å². The SMILES string of the molecule is Cc1cc(NC(=O)[C@H](CC2CCCC2)NC(=O)c2cnc([C@H](C)Nc3cccc(Cl)c3)s2)ccn1. The lowest BCUT2D eigenvalue weighted by molar-refractivity contribution is -0.118. The average molecular weight is 512 g/mol. The number of hydrogen-bond donors (Lipinski definition) is 3. The molecular weight excluding hydrogens is 482 g/mol. The number of halogens is 1. The van der Waals surface area contributed by atoms with Crippen molar-refractivity contribution in [2.24, 2.45) is 5.92 Å². The molecule has 0 saturated heterocycles. The Morgan fingerprint density at radius 3 is 2.69 bits per heavy atom. The zero-order valence-corrected chi connectivity index (χ0v) is 21.5. The number of hydrogen-bond acceptors (Lipinski definition) is 6. The summed E-state index contributed by atoms with van der Waals surface area (Å²) in [6.45, 7) is 3.85. The van der Waals surface area contributed by atoms with Gasteiger partial charge in [0, 0.05) is 28.3 Å². The molecular formula is C26H30ClN5O2S. The van der Waals surface area contributed by atoms with Gasteiger partial charge >= 0.3 is 0 Å². The molecule has 0 unspecified atom stereocenters. The molecule has 9 heteroatoms. The van der Waals surface area contributed by atoms with Gasteiger partial charge in [-0.05, 0) is 56.5 Å². The molecule has 1 aromatic carbocycles. The molecule has 0 aliphatic heterocycles. The first kappa shape index (κ1) is 25.1. The van der Waals surface area contributed by atoms with Gasteiger partial charge in [-0.1, -0.05) is 43.4 Å². The fourth-order valence-electron chi connectivity index (χ4n) is 4.38. The van der Waals surface area contributed by atoms with Gasteiger partial charge in [0.15, 0.2) is 0 Å². The molecule has 2 atom stereocenters. The van der Waals surface area contributed by atoms with Crippen LogP contribution in [0.4, 0.5) is 11.4 Å². The number of benzene rings is 1. The Morgan fingerprint density at radius 1 is 1.14 bits per heavy atom. The Hall–Kier alpha value is -2.97. The van der Waals surface area contributed by atoms with E-state index in [-0.39, 0.29) is 17.9 Å². The topological polar surface area (TPSA) is 96.0 Å². The molecule has 184 valence electrons. The number of aryl methyl sites for hydroxylation is 1. The third-order valence-corrected chi connectivity index (χ3v) is 7.57. The number of amides is 2. The minimum atomic E-state index is -0.619. The van der Waals surface area contributed by atoms with Crippen molar-refractivity contribution in [2.45, 2.75) is 58.0 Å². The smallest absolute Gasteiger partial charge is 0.263 e. The summed E-state index contributed by atoms with van der Waals surface area (Å²) in [7, 11) is 0. The maximum absolute atomic E-state index is 13.1. The lowest BCUT2D eigenvalue weighted by atomic mass is 9.97. The monoisotopic (exact) mass is 511 g/mol. The number of pyridine rings is 1. The van der Waals surface area contributed by atoms with E-state index in [9.17, 15) is 9.59 Å². The molecule has 4 rings (SSSR count). The van der Waals surface area contributed by atoms with Crippen molar-refractivity contribution in [3.05, 3.63) is 69.4 Å². The van der Waals surface area contributed by atoms with E-state index in [4.69, 9.17) is 11.6 Å². The predicted molar refractivity (Wildman–Crippen MR) is 141 cm³/mol. The quantitative estimate of drug-likeness (QED) is 0.328. The number of rotatable bonds is 9. The molecule has 0 radical (unpaired) electrons. The van der Waals surface area contributed by atoms with Crippen LogP contribution in [-0.2, 0) is 4.79 Å². The van der Waals surface area contributed by atoms with E-state index in [1.54, 1.807) is 18.5 Å². The van der Waals surface area contributed by atoms with E-state index >= 15 is 0 Å². The summed E-state index contributed by atoms with van der Waals surface area (Å²) < 4.78 is 0. The first-order chi connectivity index (χ1) is 16.9. The van der Waals surface area contributed by atoms with Gasteiger partial charge in [0.25, 0.3) is 5.91 Å². The standard InChI is InChI=1S/C26H30ClN5O2S/c1-16-12-21(10-11-28-16)31-24(33)22(13-18-6-3-4-7-18)32-25(34)23-15-29-26(35-23)17(2)30-20-9-5-8-19(27)14-20/h5,8-12,14-15,17-18,22,30H,3-4,6-7,13H2,1-2H3,(H,32,34)(H,28,31,33)/t17-,22-/m0/s1. The fourth-order valence-corrected chi connectivity index (χ4v) is 5.39. The molecule has 2 amide bonds. The van der Waals surface area contributed by atoms with E-state index in [0.717, 1.165) is 29.2 Å². The molecule has 35 heavy (non-hydrogen) atoms. The van der Waals surface area contributed by atoms with Crippen LogP contribution in [0.25, 0.3) is 0 Å². The number of nitrogens with one attached hydrogen (secondary N) is 3. The van der Waals surface area contributed by atoms with Crippen LogP contribution >= 0.6 is 22.9 Å². The van der Waals surface area contributed by atoms with E-state index in [2.05, 4.69) is 25.9 Å². The Balaban J connectivity index is 1.43. The van der Waals surface area contributed by atoms with Gasteiger partial charge in [0.2, 0.25) is 5.91 Å². The molecule has 0 bridgehead atoms. The highest BCUT2D eigenvalue weighted by molar-refractivity contribution is 7.13. The van der Waals surface area contributed by atoms with E-state index in [0.29, 0.717) is 27.9 Å². The minimum Gasteiger partial charge on any atom is -0.376 e. The molecule has 1 fully saturated rings. The number of thiazole rings is 1. The first-order valence-electron chi connectivity index (χ1n) is 11.9. The van der Waals surface area contributed by atoms with Crippen LogP contribution in [0.1, 0.15) is 65.4 Å². The molecule has 2 heterocycles. The molecule has 2 aromatic heterocycles. The molecule has 1 aliphatic rings. The first-order valence-corrected chi connectivity index (χ1v) is 13.1. The predicted octanol–water partition coefficient (Wildman–Crippen LogP) is 5.99. The summed E-state index contributed by atoms with van der Waals surface area (Å²) in [5.74, 6) is -0.0616. The summed E-state index contributed by atoms with van der Waals surface area (Å²) in [4.78, 5) is 35.3. The van der Waals surface area contributed by atoms with Crippen molar-refractivity contribution in [1.82, 2.24) is 15.3 Å². The maximum Gasteiger partial charge on any atom is 0.263 e. The molecule has 3 aromatic rings. The van der Waals surface area contributed by atoms with Crippen molar-refractivity contribution in [2.75, 3.05) is 10.6 Å². The van der Waals surface area contributed by atoms with Gasteiger partial charge in [-0.25, -0.2) is 4.98 Å². The van der Waals surface area contributed by atoms with Crippen LogP contribution in [0.2, 0.25) is 5.02 Å². The Morgan fingerprint density at radius 2 is 1.94 bits per heavy atom. The Bertz CT molecular complexity index is 1180. The van der Waals surface area contributed by atoms with Crippen LogP contribution in [0, 0.1) is 12.8 Å². The highest BCUT2D eigenvalue weighted by Crippen LogP contribution is 2.29. The zero-order chi connectivity index (χ0) is 24.8. The van der Waals surface area contributed by atoms with Gasteiger partial charge in [-0.3, -0.25) is 14.6 Å². The number of aromatic nitrogens is 2. The van der Waals surface area contributed by atoms with E-state index < -0.39 is 6.04 Å². The molecule has 0 spiro atoms. The lowest BCUT2D eigenvalue weighted by Gasteiger charge is -2.21. The second-order valence-electron chi connectivity index (χ2n) is 9.03. The lowest BCUT2D eigenvalue weighted by Crippen LogP contribution is -2.44. The highest BCUT2D eigenvalue weighted by atomic mass is 35.5. The van der Waals surface area contributed by atoms with E-state index in [1.165, 1.54) is 24.2 Å². The fraction of sp³-hybridized carbons (Fsp3) is 0.385. The van der Waals surface area contributed by atoms with Crippen molar-refractivity contribution < 1.29 is 9.59 Å². The summed E-state index contributed by atoms with van der Waals surface area (Å²) in [6.07, 6.45) is 8.38. The van der Waals surface area contributed by atoms with Crippen LogP contribution in [-0.4, -0.2) is 27.8 Å². The maximum atomic E-state index is 13.1. The number of carbonyl (C=O) groups excluding carboxylic acids is 2. The van der Waals surface area contributed by atoms with Gasteiger partial charge in [-0.2, -0.15) is 0 Å². The number of anilines is 2. The normalized spacial score (nSPS) is 15.4. The minimum absolute atomic E-state index is 0.104. The molecule has 1 aliphatic carbocycles. The van der Waals surface area contributed by atoms with Crippen molar-refractivity contribution in [3.8, 4) is 0 Å². The Labute approximate surface area is 214 Å². The highest BCUT2D eigenvalue weighted by Gasteiger charge is 2.28. The van der Waals surface area contributed by atoms with Gasteiger partial charge in [0.1, 0.15) is 15.9 Å². The molecule has 7 nitrogen and oxygen atoms in total. The largest absolute Gasteiger partial charge is 0.376 e. The summed E-state index contributed by atoms with van der Waals surface area (Å²) >= 11 is 7.39. The van der Waals surface area contributed by atoms with Crippen molar-refractivity contribution in [1.29, 1.82) is 0 Å². The van der Waals surface area contributed by atoms with Crippen LogP contribution < -0.4 is 16.0 Å². The van der Waals surface area contributed by atoms with E-state index in [1.807, 2.05) is 44.2 Å². The number of carbonyl (C=O) groups is 2. The van der Waals surface area contributed by atoms with Crippen LogP contribution in [0.5, 0.6) is 0 Å². The third kappa shape index (κ3) is 7.02. The third-order valence-electron chi connectivity index (χ3n) is 6.16. The Kier molecular flexibility index (Phi) is 8.36. The second kappa shape index (κ2) is 11.6. The number of nitrogens with zero attached hydrogens (tertiary/aromatic N) is 2. The molecule has 3 N–H and O–H groups in total. The van der Waals surface area contributed by atoms with Gasteiger partial charge < -0.3 is 16.0 Å². The average Bonchev–Trinajstić information content (AvgIpc) is 3.51. The molecule has 1 saturated carbocycles. The van der Waals surface area contributed by atoms with Crippen molar-refractivity contribution >= 4 is 46.1 Å².